The van der Waals surface area contributed by atoms with Crippen LogP contribution < -0.4 is 4.90 Å². The molecule has 1 N–H and O–H groups in total. The molecule has 118 valence electrons. The van der Waals surface area contributed by atoms with Gasteiger partial charge >= 0.3 is 5.97 Å². The molecular weight excluding hydrogens is 313 g/mol. The summed E-state index contributed by atoms with van der Waals surface area (Å²) in [5.74, 6) is -12.4. The number of amides is 1. The number of hydrogen-bond donors (Lipinski definition) is 1. The zero-order valence-corrected chi connectivity index (χ0v) is 10.7. The number of alkyl halides is 1. The lowest BCUT2D eigenvalue weighted by Crippen LogP contribution is -2.47. The molecule has 1 amide bonds. The molecule has 1 heterocycles. The van der Waals surface area contributed by atoms with Gasteiger partial charge < -0.3 is 10.0 Å². The Hall–Kier alpha value is -2.19. The molecule has 1 aliphatic carbocycles. The second kappa shape index (κ2) is 4.65. The van der Waals surface area contributed by atoms with Gasteiger partial charge in [0.05, 0.1) is 11.7 Å². The highest BCUT2D eigenvalue weighted by molar-refractivity contribution is 6.09. The van der Waals surface area contributed by atoms with Gasteiger partial charge in [-0.15, -0.1) is 0 Å². The number of halogens is 5. The van der Waals surface area contributed by atoms with Gasteiger partial charge in [0.2, 0.25) is 5.91 Å². The summed E-state index contributed by atoms with van der Waals surface area (Å²) in [4.78, 5) is 23.6. The van der Waals surface area contributed by atoms with E-state index in [1.807, 2.05) is 0 Å². The normalized spacial score (nSPS) is 26.9. The molecule has 1 aromatic rings. The Morgan fingerprint density at radius 3 is 2.14 bits per heavy atom. The number of aliphatic carboxylic acids is 1. The highest BCUT2D eigenvalue weighted by Gasteiger charge is 2.52. The van der Waals surface area contributed by atoms with Crippen molar-refractivity contribution in [1.82, 2.24) is 0 Å². The Morgan fingerprint density at radius 1 is 1.09 bits per heavy atom. The largest absolute Gasteiger partial charge is 0.481 e. The van der Waals surface area contributed by atoms with Crippen molar-refractivity contribution in [2.24, 2.45) is 5.92 Å². The first-order valence-corrected chi connectivity index (χ1v) is 6.30. The van der Waals surface area contributed by atoms with Crippen LogP contribution in [0, 0.1) is 29.2 Å². The summed E-state index contributed by atoms with van der Waals surface area (Å²) in [6.07, 6.45) is -2.60. The fourth-order valence-corrected chi connectivity index (χ4v) is 2.61. The Balaban J connectivity index is 2.25. The van der Waals surface area contributed by atoms with E-state index in [-0.39, 0.29) is 6.42 Å². The summed E-state index contributed by atoms with van der Waals surface area (Å²) in [7, 11) is 0. The van der Waals surface area contributed by atoms with Gasteiger partial charge in [-0.25, -0.2) is 22.0 Å². The van der Waals surface area contributed by atoms with Gasteiger partial charge in [-0.05, 0) is 6.42 Å². The Bertz CT molecular complexity index is 708. The predicted octanol–water partition coefficient (Wildman–Crippen LogP) is 1.94. The van der Waals surface area contributed by atoms with Gasteiger partial charge in [-0.1, -0.05) is 0 Å². The molecule has 9 heteroatoms. The van der Waals surface area contributed by atoms with Crippen LogP contribution in [0.4, 0.5) is 27.6 Å². The first-order chi connectivity index (χ1) is 10.3. The Kier molecular flexibility index (Phi) is 3.12. The topological polar surface area (TPSA) is 57.6 Å². The third-order valence-corrected chi connectivity index (χ3v) is 3.83. The van der Waals surface area contributed by atoms with Gasteiger partial charge in [0.15, 0.2) is 23.3 Å². The molecule has 0 radical (unpaired) electrons. The van der Waals surface area contributed by atoms with Crippen LogP contribution in [0.3, 0.4) is 0 Å². The molecule has 1 aliphatic heterocycles. The van der Waals surface area contributed by atoms with Gasteiger partial charge in [0.1, 0.15) is 12.1 Å². The van der Waals surface area contributed by atoms with Gasteiger partial charge in [-0.3, -0.25) is 9.59 Å². The second-order valence-corrected chi connectivity index (χ2v) is 5.21. The maximum atomic E-state index is 13.9. The third-order valence-electron chi connectivity index (χ3n) is 3.83. The third kappa shape index (κ3) is 1.87. The highest BCUT2D eigenvalue weighted by atomic mass is 19.2. The van der Waals surface area contributed by atoms with E-state index in [2.05, 4.69) is 0 Å². The van der Waals surface area contributed by atoms with E-state index in [1.54, 1.807) is 0 Å². The van der Waals surface area contributed by atoms with Crippen molar-refractivity contribution in [2.75, 3.05) is 4.90 Å². The number of hydrogen-bond acceptors (Lipinski definition) is 2. The van der Waals surface area contributed by atoms with Crippen molar-refractivity contribution in [1.29, 1.82) is 0 Å². The van der Waals surface area contributed by atoms with Crippen LogP contribution >= 0.6 is 0 Å². The molecule has 22 heavy (non-hydrogen) atoms. The average Bonchev–Trinajstić information content (AvgIpc) is 3.18. The number of benzene rings is 1. The van der Waals surface area contributed by atoms with Crippen LogP contribution in [0.15, 0.2) is 0 Å². The standard InChI is InChI=1S/C13H8F5NO3/c14-5-2-6(5)19-11-3(1-4(12(19)20)13(21)22)7(15)8(16)9(17)10(11)18/h4-6H,1-2H2,(H,21,22)/t4?,5-,6+/m0/s1. The summed E-state index contributed by atoms with van der Waals surface area (Å²) in [5.41, 5.74) is -1.69. The minimum Gasteiger partial charge on any atom is -0.481 e. The molecule has 2 aliphatic rings. The smallest absolute Gasteiger partial charge is 0.316 e. The number of carboxylic acid groups (broad SMARTS) is 1. The first kappa shape index (κ1) is 14.7. The van der Waals surface area contributed by atoms with Crippen LogP contribution in [0.5, 0.6) is 0 Å². The van der Waals surface area contributed by atoms with Crippen LogP contribution in [0.1, 0.15) is 12.0 Å². The lowest BCUT2D eigenvalue weighted by atomic mass is 9.90. The summed E-state index contributed by atoms with van der Waals surface area (Å²) in [6.45, 7) is 0. The first-order valence-electron chi connectivity index (χ1n) is 6.30. The van der Waals surface area contributed by atoms with Crippen molar-refractivity contribution in [3.8, 4) is 0 Å². The molecule has 1 saturated carbocycles. The quantitative estimate of drug-likeness (QED) is 0.392. The maximum absolute atomic E-state index is 13.9. The summed E-state index contributed by atoms with van der Waals surface area (Å²) in [6, 6.07) is -1.20. The molecule has 0 aromatic heterocycles. The van der Waals surface area contributed by atoms with Crippen LogP contribution in [-0.4, -0.2) is 29.2 Å². The van der Waals surface area contributed by atoms with E-state index < -0.39 is 70.9 Å². The minimum absolute atomic E-state index is 0.211. The number of rotatable bonds is 2. The predicted molar refractivity (Wildman–Crippen MR) is 61.9 cm³/mol. The number of carboxylic acids is 1. The van der Waals surface area contributed by atoms with Crippen LogP contribution in [-0.2, 0) is 16.0 Å². The number of anilines is 1. The van der Waals surface area contributed by atoms with Gasteiger partial charge in [0.25, 0.3) is 0 Å². The fourth-order valence-electron chi connectivity index (χ4n) is 2.61. The lowest BCUT2D eigenvalue weighted by Gasteiger charge is -2.33. The average molecular weight is 321 g/mol. The zero-order valence-electron chi connectivity index (χ0n) is 10.7. The molecule has 3 atom stereocenters. The number of fused-ring (bicyclic) bond motifs is 1. The van der Waals surface area contributed by atoms with Crippen LogP contribution in [0.2, 0.25) is 0 Å². The molecule has 4 nitrogen and oxygen atoms in total. The van der Waals surface area contributed by atoms with E-state index in [0.29, 0.717) is 4.90 Å². The van der Waals surface area contributed by atoms with E-state index in [0.717, 1.165) is 0 Å². The Morgan fingerprint density at radius 2 is 1.64 bits per heavy atom. The minimum atomic E-state index is -2.13. The zero-order chi connectivity index (χ0) is 16.3. The molecule has 1 aromatic carbocycles. The van der Waals surface area contributed by atoms with Crippen molar-refractivity contribution in [2.45, 2.75) is 25.1 Å². The van der Waals surface area contributed by atoms with E-state index in [9.17, 15) is 31.5 Å². The SMILES string of the molecule is O=C(O)C1Cc2c(F)c(F)c(F)c(F)c2N([C@@H]2C[C@@H]2F)C1=O. The monoisotopic (exact) mass is 321 g/mol. The maximum Gasteiger partial charge on any atom is 0.316 e. The van der Waals surface area contributed by atoms with Crippen LogP contribution in [0.25, 0.3) is 0 Å². The van der Waals surface area contributed by atoms with Crippen molar-refractivity contribution in [3.05, 3.63) is 28.8 Å². The summed E-state index contributed by atoms with van der Waals surface area (Å²) < 4.78 is 67.7. The Labute approximate surface area is 120 Å². The van der Waals surface area contributed by atoms with Crippen molar-refractivity contribution >= 4 is 17.6 Å². The number of carbonyl (C=O) groups excluding carboxylic acids is 1. The van der Waals surface area contributed by atoms with E-state index in [1.165, 1.54) is 0 Å². The second-order valence-electron chi connectivity index (χ2n) is 5.21. The molecular formula is C13H8F5NO3. The van der Waals surface area contributed by atoms with E-state index in [4.69, 9.17) is 5.11 Å². The van der Waals surface area contributed by atoms with Gasteiger partial charge in [-0.2, -0.15) is 0 Å². The lowest BCUT2D eigenvalue weighted by molar-refractivity contribution is -0.146. The summed E-state index contributed by atoms with van der Waals surface area (Å²) >= 11 is 0. The summed E-state index contributed by atoms with van der Waals surface area (Å²) in [5, 5.41) is 8.98. The molecule has 0 bridgehead atoms. The van der Waals surface area contributed by atoms with Crippen molar-refractivity contribution in [3.63, 3.8) is 0 Å². The molecule has 3 rings (SSSR count). The fraction of sp³-hybridized carbons (Fsp3) is 0.385. The highest BCUT2D eigenvalue weighted by Crippen LogP contribution is 2.44. The van der Waals surface area contributed by atoms with Gasteiger partial charge in [0, 0.05) is 12.0 Å². The molecule has 1 unspecified atom stereocenters. The van der Waals surface area contributed by atoms with Crippen molar-refractivity contribution < 1.29 is 36.6 Å². The number of nitrogens with zero attached hydrogens (tertiary/aromatic N) is 1. The molecule has 0 saturated heterocycles. The van der Waals surface area contributed by atoms with E-state index >= 15 is 0 Å². The molecule has 1 fully saturated rings. The number of carbonyl (C=O) groups is 2. The molecule has 0 spiro atoms.